The largest absolute Gasteiger partial charge is 0.279 e. The Bertz CT molecular complexity index is 537. The van der Waals surface area contributed by atoms with Crippen LogP contribution < -0.4 is 0 Å². The summed E-state index contributed by atoms with van der Waals surface area (Å²) in [7, 11) is 1.24. The molecule has 9 heteroatoms. The average Bonchev–Trinajstić information content (AvgIpc) is 2.38. The van der Waals surface area contributed by atoms with Crippen LogP contribution in [-0.2, 0) is 4.79 Å². The maximum Gasteiger partial charge on any atom is 0.242 e. The van der Waals surface area contributed by atoms with E-state index in [0.29, 0.717) is 0 Å². The zero-order valence-corrected chi connectivity index (χ0v) is 12.1. The first kappa shape index (κ1) is 17.2. The average molecular weight is 334 g/mol. The van der Waals surface area contributed by atoms with Gasteiger partial charge in [-0.25, -0.2) is 26.3 Å². The van der Waals surface area contributed by atoms with Crippen molar-refractivity contribution in [1.29, 1.82) is 0 Å². The molecule has 0 saturated carbocycles. The molecule has 0 aliphatic rings. The molecule has 1 aromatic rings. The van der Waals surface area contributed by atoms with E-state index in [0.717, 1.165) is 4.31 Å². The molecule has 0 bridgehead atoms. The lowest BCUT2D eigenvalue weighted by Crippen LogP contribution is -2.41. The Balaban J connectivity index is 3.27. The molecule has 0 radical (unpaired) electrons. The summed E-state index contributed by atoms with van der Waals surface area (Å²) in [5.74, 6) is -10.3. The predicted molar refractivity (Wildman–Crippen MR) is 64.8 cm³/mol. The summed E-state index contributed by atoms with van der Waals surface area (Å²) < 4.78 is 66.8. The molecule has 112 valence electrons. The molecule has 0 aliphatic carbocycles. The Hall–Kier alpha value is -0.860. The van der Waals surface area contributed by atoms with Crippen LogP contribution >= 0.6 is 23.5 Å². The van der Waals surface area contributed by atoms with Gasteiger partial charge in [-0.3, -0.25) is 4.79 Å². The van der Waals surface area contributed by atoms with E-state index in [1.807, 2.05) is 0 Å². The SMILES string of the molecule is CN(Sc1c(F)c(F)c(F)c(F)c1F)C(C)(C)C(=O)Cl. The van der Waals surface area contributed by atoms with E-state index in [-0.39, 0.29) is 11.9 Å². The summed E-state index contributed by atoms with van der Waals surface area (Å²) in [6.45, 7) is 2.67. The van der Waals surface area contributed by atoms with E-state index in [2.05, 4.69) is 0 Å². The molecular weight excluding hydrogens is 325 g/mol. The van der Waals surface area contributed by atoms with Crippen LogP contribution in [0, 0.1) is 29.1 Å². The molecule has 2 nitrogen and oxygen atoms in total. The Morgan fingerprint density at radius 1 is 1.00 bits per heavy atom. The highest BCUT2D eigenvalue weighted by Crippen LogP contribution is 2.35. The van der Waals surface area contributed by atoms with E-state index in [1.165, 1.54) is 20.9 Å². The van der Waals surface area contributed by atoms with E-state index >= 15 is 0 Å². The van der Waals surface area contributed by atoms with Gasteiger partial charge in [-0.1, -0.05) is 0 Å². The van der Waals surface area contributed by atoms with Crippen LogP contribution in [0.2, 0.25) is 0 Å². The number of nitrogens with zero attached hydrogens (tertiary/aromatic N) is 1. The number of rotatable bonds is 4. The van der Waals surface area contributed by atoms with Gasteiger partial charge in [0.1, 0.15) is 4.90 Å². The monoisotopic (exact) mass is 333 g/mol. The first-order valence-electron chi connectivity index (χ1n) is 5.15. The molecule has 0 N–H and O–H groups in total. The summed E-state index contributed by atoms with van der Waals surface area (Å²) in [5.41, 5.74) is -1.37. The Labute approximate surface area is 121 Å². The van der Waals surface area contributed by atoms with Gasteiger partial charge in [-0.15, -0.1) is 0 Å². The molecule has 0 saturated heterocycles. The fourth-order valence-electron chi connectivity index (χ4n) is 1.04. The normalized spacial score (nSPS) is 12.1. The molecule has 0 spiro atoms. The minimum absolute atomic E-state index is 0.201. The number of likely N-dealkylation sites (N-methyl/N-ethyl adjacent to an activating group) is 1. The molecule has 0 aliphatic heterocycles. The van der Waals surface area contributed by atoms with Gasteiger partial charge >= 0.3 is 0 Å². The van der Waals surface area contributed by atoms with Crippen LogP contribution in [0.15, 0.2) is 4.90 Å². The van der Waals surface area contributed by atoms with E-state index in [9.17, 15) is 26.7 Å². The van der Waals surface area contributed by atoms with Crippen molar-refractivity contribution in [3.05, 3.63) is 29.1 Å². The maximum atomic E-state index is 13.5. The highest BCUT2D eigenvalue weighted by atomic mass is 35.5. The van der Waals surface area contributed by atoms with Gasteiger partial charge in [0, 0.05) is 0 Å². The van der Waals surface area contributed by atoms with Crippen molar-refractivity contribution in [3.63, 3.8) is 0 Å². The zero-order valence-electron chi connectivity index (χ0n) is 10.5. The van der Waals surface area contributed by atoms with Crippen LogP contribution in [-0.4, -0.2) is 22.1 Å². The van der Waals surface area contributed by atoms with Gasteiger partial charge in [-0.05, 0) is 44.4 Å². The lowest BCUT2D eigenvalue weighted by Gasteiger charge is -2.30. The van der Waals surface area contributed by atoms with Crippen molar-refractivity contribution in [1.82, 2.24) is 4.31 Å². The molecule has 0 atom stereocenters. The van der Waals surface area contributed by atoms with Gasteiger partial charge in [0.05, 0.1) is 5.54 Å². The maximum absolute atomic E-state index is 13.5. The van der Waals surface area contributed by atoms with Gasteiger partial charge in [0.25, 0.3) is 0 Å². The number of hydrogen-bond donors (Lipinski definition) is 0. The van der Waals surface area contributed by atoms with Crippen LogP contribution in [0.3, 0.4) is 0 Å². The van der Waals surface area contributed by atoms with Crippen LogP contribution in [0.25, 0.3) is 0 Å². The zero-order chi connectivity index (χ0) is 15.8. The second-order valence-corrected chi connectivity index (χ2v) is 5.80. The van der Waals surface area contributed by atoms with E-state index in [4.69, 9.17) is 11.6 Å². The Kier molecular flexibility index (Phi) is 5.04. The van der Waals surface area contributed by atoms with Crippen molar-refractivity contribution in [2.75, 3.05) is 7.05 Å². The number of hydrogen-bond acceptors (Lipinski definition) is 3. The summed E-state index contributed by atoms with van der Waals surface area (Å²) in [6.07, 6.45) is 0. The molecular formula is C11H9ClF5NOS. The highest BCUT2D eigenvalue weighted by Gasteiger charge is 2.34. The highest BCUT2D eigenvalue weighted by molar-refractivity contribution is 7.97. The first-order valence-corrected chi connectivity index (χ1v) is 6.30. The van der Waals surface area contributed by atoms with Crippen molar-refractivity contribution < 1.29 is 26.7 Å². The molecule has 20 heavy (non-hydrogen) atoms. The number of carbonyl (C=O) groups excluding carboxylic acids is 1. The van der Waals surface area contributed by atoms with E-state index < -0.39 is 44.8 Å². The first-order chi connectivity index (χ1) is 9.01. The van der Waals surface area contributed by atoms with Gasteiger partial charge in [-0.2, -0.15) is 0 Å². The molecule has 1 aromatic carbocycles. The van der Waals surface area contributed by atoms with Gasteiger partial charge in [0.15, 0.2) is 23.3 Å². The number of halogens is 6. The summed E-state index contributed by atoms with van der Waals surface area (Å²) in [5, 5.41) is -0.851. The smallest absolute Gasteiger partial charge is 0.242 e. The Morgan fingerprint density at radius 3 is 1.70 bits per heavy atom. The third kappa shape index (κ3) is 2.91. The standard InChI is InChI=1S/C11H9ClF5NOS/c1-11(2,10(12)19)18(3)20-9-7(16)5(14)4(13)6(15)8(9)17/h1-3H3. The molecule has 0 fully saturated rings. The topological polar surface area (TPSA) is 20.3 Å². The second kappa shape index (κ2) is 5.87. The van der Waals surface area contributed by atoms with Crippen LogP contribution in [0.4, 0.5) is 22.0 Å². The third-order valence-electron chi connectivity index (χ3n) is 2.67. The summed E-state index contributed by atoms with van der Waals surface area (Å²) in [6, 6.07) is 0. The lowest BCUT2D eigenvalue weighted by atomic mass is 10.1. The van der Waals surface area contributed by atoms with E-state index in [1.54, 1.807) is 0 Å². The molecule has 0 aromatic heterocycles. The number of benzene rings is 1. The fourth-order valence-corrected chi connectivity index (χ4v) is 2.14. The summed E-state index contributed by atoms with van der Waals surface area (Å²) >= 11 is 5.51. The van der Waals surface area contributed by atoms with Crippen molar-refractivity contribution in [3.8, 4) is 0 Å². The third-order valence-corrected chi connectivity index (χ3v) is 4.40. The van der Waals surface area contributed by atoms with Crippen LogP contribution in [0.5, 0.6) is 0 Å². The van der Waals surface area contributed by atoms with Crippen molar-refractivity contribution >= 4 is 28.8 Å². The summed E-state index contributed by atoms with van der Waals surface area (Å²) in [4.78, 5) is 10.1. The lowest BCUT2D eigenvalue weighted by molar-refractivity contribution is -0.118. The molecule has 0 amide bonds. The minimum Gasteiger partial charge on any atom is -0.279 e. The van der Waals surface area contributed by atoms with Crippen molar-refractivity contribution in [2.45, 2.75) is 24.3 Å². The van der Waals surface area contributed by atoms with Gasteiger partial charge < -0.3 is 0 Å². The second-order valence-electron chi connectivity index (χ2n) is 4.32. The molecule has 0 unspecified atom stereocenters. The fraction of sp³-hybridized carbons (Fsp3) is 0.364. The molecule has 0 heterocycles. The van der Waals surface area contributed by atoms with Crippen molar-refractivity contribution in [2.24, 2.45) is 0 Å². The quantitative estimate of drug-likeness (QED) is 0.274. The predicted octanol–water partition coefficient (Wildman–Crippen LogP) is 3.87. The number of carbonyl (C=O) groups is 1. The van der Waals surface area contributed by atoms with Crippen LogP contribution in [0.1, 0.15) is 13.8 Å². The Morgan fingerprint density at radius 2 is 1.35 bits per heavy atom. The van der Waals surface area contributed by atoms with Gasteiger partial charge in [0.2, 0.25) is 11.1 Å². The molecule has 1 rings (SSSR count). The minimum atomic E-state index is -2.24.